The molecule has 0 bridgehead atoms. The van der Waals surface area contributed by atoms with Gasteiger partial charge >= 0.3 is 0 Å². The molecular weight excluding hydrogens is 332 g/mol. The summed E-state index contributed by atoms with van der Waals surface area (Å²) in [4.78, 5) is 0.389. The summed E-state index contributed by atoms with van der Waals surface area (Å²) in [6.07, 6.45) is 2.88. The van der Waals surface area contributed by atoms with Crippen molar-refractivity contribution in [3.8, 4) is 0 Å². The number of piperidine rings is 1. The zero-order valence-corrected chi connectivity index (χ0v) is 14.7. The Kier molecular flexibility index (Phi) is 6.03. The molecule has 4 nitrogen and oxygen atoms in total. The van der Waals surface area contributed by atoms with E-state index in [0.29, 0.717) is 30.4 Å². The Morgan fingerprint density at radius 3 is 2.61 bits per heavy atom. The van der Waals surface area contributed by atoms with E-state index >= 15 is 0 Å². The van der Waals surface area contributed by atoms with Crippen LogP contribution in [0.1, 0.15) is 19.3 Å². The van der Waals surface area contributed by atoms with Gasteiger partial charge in [-0.05, 0) is 54.6 Å². The molecule has 1 fully saturated rings. The molecule has 0 aromatic heterocycles. The number of hydrogen-bond acceptors (Lipinski definition) is 3. The Labute approximate surface area is 144 Å². The summed E-state index contributed by atoms with van der Waals surface area (Å²) >= 11 is 0. The average molecular weight is 355 g/mol. The van der Waals surface area contributed by atoms with Gasteiger partial charge in [0, 0.05) is 13.1 Å². The van der Waals surface area contributed by atoms with E-state index in [1.807, 2.05) is 30.3 Å². The third-order valence-electron chi connectivity index (χ3n) is 4.42. The normalized spacial score (nSPS) is 19.4. The lowest BCUT2D eigenvalue weighted by Crippen LogP contribution is -2.40. The summed E-state index contributed by atoms with van der Waals surface area (Å²) in [5.74, 6) is 0.383. The molecular formula is C17H23ClN2O2S. The van der Waals surface area contributed by atoms with E-state index in [-0.39, 0.29) is 12.4 Å². The maximum absolute atomic E-state index is 12.9. The molecule has 1 aliphatic heterocycles. The van der Waals surface area contributed by atoms with E-state index in [0.717, 1.165) is 30.0 Å². The molecule has 0 spiro atoms. The first kappa shape index (κ1) is 18.2. The first-order valence-electron chi connectivity index (χ1n) is 7.80. The van der Waals surface area contributed by atoms with Crippen molar-refractivity contribution in [2.45, 2.75) is 24.2 Å². The first-order valence-corrected chi connectivity index (χ1v) is 9.24. The van der Waals surface area contributed by atoms with Gasteiger partial charge in [-0.3, -0.25) is 0 Å². The molecule has 1 heterocycles. The third kappa shape index (κ3) is 3.86. The topological polar surface area (TPSA) is 63.4 Å². The largest absolute Gasteiger partial charge is 0.330 e. The minimum Gasteiger partial charge on any atom is -0.330 e. The minimum atomic E-state index is -3.41. The molecule has 2 aromatic carbocycles. The second-order valence-electron chi connectivity index (χ2n) is 5.96. The molecule has 3 rings (SSSR count). The molecule has 0 aliphatic carbocycles. The van der Waals surface area contributed by atoms with Gasteiger partial charge in [0.15, 0.2) is 0 Å². The summed E-state index contributed by atoms with van der Waals surface area (Å²) < 4.78 is 27.4. The highest BCUT2D eigenvalue weighted by atomic mass is 35.5. The van der Waals surface area contributed by atoms with E-state index in [4.69, 9.17) is 5.73 Å². The van der Waals surface area contributed by atoms with Crippen LogP contribution >= 0.6 is 12.4 Å². The van der Waals surface area contributed by atoms with Crippen molar-refractivity contribution in [1.29, 1.82) is 0 Å². The van der Waals surface area contributed by atoms with Crippen molar-refractivity contribution >= 4 is 33.2 Å². The van der Waals surface area contributed by atoms with Crippen molar-refractivity contribution in [3.63, 3.8) is 0 Å². The van der Waals surface area contributed by atoms with Crippen LogP contribution in [-0.2, 0) is 10.0 Å². The highest BCUT2D eigenvalue weighted by Gasteiger charge is 2.29. The van der Waals surface area contributed by atoms with Crippen molar-refractivity contribution in [1.82, 2.24) is 4.31 Å². The fourth-order valence-electron chi connectivity index (χ4n) is 3.19. The fraction of sp³-hybridized carbons (Fsp3) is 0.412. The Morgan fingerprint density at radius 2 is 1.87 bits per heavy atom. The van der Waals surface area contributed by atoms with Crippen LogP contribution in [0.4, 0.5) is 0 Å². The van der Waals surface area contributed by atoms with Gasteiger partial charge in [-0.1, -0.05) is 30.3 Å². The van der Waals surface area contributed by atoms with Gasteiger partial charge < -0.3 is 5.73 Å². The summed E-state index contributed by atoms with van der Waals surface area (Å²) in [7, 11) is -3.41. The molecule has 23 heavy (non-hydrogen) atoms. The van der Waals surface area contributed by atoms with Crippen molar-refractivity contribution in [2.24, 2.45) is 11.7 Å². The van der Waals surface area contributed by atoms with Gasteiger partial charge in [0.2, 0.25) is 10.0 Å². The predicted octanol–water partition coefficient (Wildman–Crippen LogP) is 3.01. The monoisotopic (exact) mass is 354 g/mol. The number of nitrogens with two attached hydrogens (primary N) is 1. The Hall–Kier alpha value is -1.14. The molecule has 2 aromatic rings. The van der Waals surface area contributed by atoms with Crippen LogP contribution in [0.2, 0.25) is 0 Å². The highest BCUT2D eigenvalue weighted by molar-refractivity contribution is 7.89. The second-order valence-corrected chi connectivity index (χ2v) is 7.90. The molecule has 1 atom stereocenters. The SMILES string of the molecule is Cl.NCCC1CCCN(S(=O)(=O)c2ccc3ccccc3c2)C1. The third-order valence-corrected chi connectivity index (χ3v) is 6.28. The van der Waals surface area contributed by atoms with Crippen LogP contribution in [0.25, 0.3) is 10.8 Å². The zero-order chi connectivity index (χ0) is 15.6. The summed E-state index contributed by atoms with van der Waals surface area (Å²) in [6.45, 7) is 1.82. The van der Waals surface area contributed by atoms with Crippen LogP contribution in [0.3, 0.4) is 0 Å². The Bertz CT molecular complexity index is 762. The van der Waals surface area contributed by atoms with Crippen LogP contribution in [0, 0.1) is 5.92 Å². The van der Waals surface area contributed by atoms with Gasteiger partial charge in [-0.2, -0.15) is 4.31 Å². The molecule has 126 valence electrons. The fourth-order valence-corrected chi connectivity index (χ4v) is 4.78. The molecule has 0 amide bonds. The quantitative estimate of drug-likeness (QED) is 0.917. The molecule has 6 heteroatoms. The van der Waals surface area contributed by atoms with Crippen LogP contribution < -0.4 is 5.73 Å². The molecule has 1 aliphatic rings. The zero-order valence-electron chi connectivity index (χ0n) is 13.0. The van der Waals surface area contributed by atoms with Gasteiger partial charge in [0.1, 0.15) is 0 Å². The Balaban J connectivity index is 0.00000192. The smallest absolute Gasteiger partial charge is 0.243 e. The molecule has 1 unspecified atom stereocenters. The van der Waals surface area contributed by atoms with E-state index in [1.165, 1.54) is 0 Å². The van der Waals surface area contributed by atoms with Crippen LogP contribution in [0.5, 0.6) is 0 Å². The van der Waals surface area contributed by atoms with Gasteiger partial charge in [-0.15, -0.1) is 12.4 Å². The number of hydrogen-bond donors (Lipinski definition) is 1. The van der Waals surface area contributed by atoms with Gasteiger partial charge in [-0.25, -0.2) is 8.42 Å². The standard InChI is InChI=1S/C17H22N2O2S.ClH/c18-10-9-14-4-3-11-19(13-14)22(20,21)17-8-7-15-5-1-2-6-16(15)12-17;/h1-2,5-8,12,14H,3-4,9-11,13,18H2;1H. The second kappa shape index (κ2) is 7.62. The van der Waals surface area contributed by atoms with E-state index in [1.54, 1.807) is 16.4 Å². The lowest BCUT2D eigenvalue weighted by atomic mass is 9.96. The van der Waals surface area contributed by atoms with Crippen LogP contribution in [0.15, 0.2) is 47.4 Å². The summed E-state index contributed by atoms with van der Waals surface area (Å²) in [6, 6.07) is 13.2. The lowest BCUT2D eigenvalue weighted by molar-refractivity contribution is 0.258. The van der Waals surface area contributed by atoms with Gasteiger partial charge in [0.05, 0.1) is 4.90 Å². The van der Waals surface area contributed by atoms with Gasteiger partial charge in [0.25, 0.3) is 0 Å². The number of fused-ring (bicyclic) bond motifs is 1. The summed E-state index contributed by atoms with van der Waals surface area (Å²) in [5.41, 5.74) is 5.62. The molecule has 2 N–H and O–H groups in total. The molecule has 0 saturated carbocycles. The maximum atomic E-state index is 12.9. The summed E-state index contributed by atoms with van der Waals surface area (Å²) in [5, 5.41) is 2.01. The lowest BCUT2D eigenvalue weighted by Gasteiger charge is -2.31. The van der Waals surface area contributed by atoms with Crippen molar-refractivity contribution < 1.29 is 8.42 Å². The first-order chi connectivity index (χ1) is 10.6. The number of halogens is 1. The minimum absolute atomic E-state index is 0. The van der Waals surface area contributed by atoms with Crippen molar-refractivity contribution in [3.05, 3.63) is 42.5 Å². The Morgan fingerprint density at radius 1 is 1.13 bits per heavy atom. The van der Waals surface area contributed by atoms with Crippen LogP contribution in [-0.4, -0.2) is 32.4 Å². The van der Waals surface area contributed by atoms with Crippen molar-refractivity contribution in [2.75, 3.05) is 19.6 Å². The molecule has 0 radical (unpaired) electrons. The van der Waals surface area contributed by atoms with E-state index < -0.39 is 10.0 Å². The number of sulfonamides is 1. The highest BCUT2D eigenvalue weighted by Crippen LogP contribution is 2.27. The molecule has 1 saturated heterocycles. The average Bonchev–Trinajstić information content (AvgIpc) is 2.55. The number of benzene rings is 2. The number of nitrogens with zero attached hydrogens (tertiary/aromatic N) is 1. The number of rotatable bonds is 4. The predicted molar refractivity (Wildman–Crippen MR) is 96.4 cm³/mol. The van der Waals surface area contributed by atoms with E-state index in [2.05, 4.69) is 0 Å². The van der Waals surface area contributed by atoms with E-state index in [9.17, 15) is 8.42 Å². The maximum Gasteiger partial charge on any atom is 0.243 e.